The first-order valence-corrected chi connectivity index (χ1v) is 7.29. The molecule has 0 fully saturated rings. The zero-order valence-corrected chi connectivity index (χ0v) is 12.7. The molecular weight excluding hydrogens is 262 g/mol. The van der Waals surface area contributed by atoms with Crippen molar-refractivity contribution >= 4 is 0 Å². The highest BCUT2D eigenvalue weighted by molar-refractivity contribution is 5.44. The second-order valence-electron chi connectivity index (χ2n) is 5.50. The molecule has 0 spiro atoms. The van der Waals surface area contributed by atoms with E-state index in [-0.39, 0.29) is 12.1 Å². The van der Waals surface area contributed by atoms with Crippen LogP contribution >= 0.6 is 0 Å². The van der Waals surface area contributed by atoms with Crippen LogP contribution in [-0.2, 0) is 0 Å². The first-order valence-electron chi connectivity index (χ1n) is 7.29. The minimum atomic E-state index is 0.0863. The van der Waals surface area contributed by atoms with Crippen molar-refractivity contribution in [1.29, 1.82) is 0 Å². The number of ether oxygens (including phenoxy) is 2. The largest absolute Gasteiger partial charge is 0.497 e. The van der Waals surface area contributed by atoms with Gasteiger partial charge in [0.05, 0.1) is 7.11 Å². The fourth-order valence-electron chi connectivity index (χ4n) is 2.92. The molecule has 0 saturated carbocycles. The van der Waals surface area contributed by atoms with Crippen LogP contribution in [0.4, 0.5) is 0 Å². The van der Waals surface area contributed by atoms with E-state index in [0.29, 0.717) is 0 Å². The molecule has 1 aliphatic heterocycles. The van der Waals surface area contributed by atoms with E-state index in [1.54, 1.807) is 7.11 Å². The zero-order chi connectivity index (χ0) is 14.8. The molecule has 110 valence electrons. The molecule has 0 radical (unpaired) electrons. The average molecular weight is 283 g/mol. The molecule has 1 aliphatic rings. The van der Waals surface area contributed by atoms with Gasteiger partial charge in [0.1, 0.15) is 17.6 Å². The first kappa shape index (κ1) is 14.0. The molecule has 3 rings (SSSR count). The number of fused-ring (bicyclic) bond motifs is 1. The van der Waals surface area contributed by atoms with Gasteiger partial charge in [-0.15, -0.1) is 0 Å². The first-order chi connectivity index (χ1) is 10.2. The van der Waals surface area contributed by atoms with E-state index in [4.69, 9.17) is 9.47 Å². The zero-order valence-electron chi connectivity index (χ0n) is 12.7. The van der Waals surface area contributed by atoms with Gasteiger partial charge in [-0.3, -0.25) is 0 Å². The van der Waals surface area contributed by atoms with Gasteiger partial charge in [0, 0.05) is 18.0 Å². The summed E-state index contributed by atoms with van der Waals surface area (Å²) >= 11 is 0. The Bertz CT molecular complexity index is 639. The molecule has 2 aromatic carbocycles. The van der Waals surface area contributed by atoms with E-state index >= 15 is 0 Å². The Hall–Kier alpha value is -2.00. The highest BCUT2D eigenvalue weighted by Gasteiger charge is 2.28. The van der Waals surface area contributed by atoms with Gasteiger partial charge in [0.25, 0.3) is 0 Å². The van der Waals surface area contributed by atoms with Crippen LogP contribution in [0, 0.1) is 6.92 Å². The topological polar surface area (TPSA) is 30.5 Å². The summed E-state index contributed by atoms with van der Waals surface area (Å²) in [6, 6.07) is 14.8. The molecule has 21 heavy (non-hydrogen) atoms. The molecule has 3 nitrogen and oxygen atoms in total. The van der Waals surface area contributed by atoms with Crippen molar-refractivity contribution in [1.82, 2.24) is 5.32 Å². The van der Waals surface area contributed by atoms with E-state index in [1.165, 1.54) is 16.7 Å². The van der Waals surface area contributed by atoms with Gasteiger partial charge in [-0.25, -0.2) is 0 Å². The van der Waals surface area contributed by atoms with Crippen LogP contribution < -0.4 is 14.8 Å². The van der Waals surface area contributed by atoms with E-state index < -0.39 is 0 Å². The third-order valence-corrected chi connectivity index (χ3v) is 4.07. The lowest BCUT2D eigenvalue weighted by molar-refractivity contribution is 0.153. The molecule has 2 unspecified atom stereocenters. The fourth-order valence-corrected chi connectivity index (χ4v) is 2.92. The monoisotopic (exact) mass is 283 g/mol. The second kappa shape index (κ2) is 5.78. The third-order valence-electron chi connectivity index (χ3n) is 4.07. The van der Waals surface area contributed by atoms with Crippen LogP contribution in [0.15, 0.2) is 42.5 Å². The summed E-state index contributed by atoms with van der Waals surface area (Å²) in [6.45, 7) is 2.11. The van der Waals surface area contributed by atoms with Crippen molar-refractivity contribution in [3.8, 4) is 11.5 Å². The molecule has 2 aromatic rings. The van der Waals surface area contributed by atoms with E-state index in [9.17, 15) is 0 Å². The molecule has 2 atom stereocenters. The highest BCUT2D eigenvalue weighted by Crippen LogP contribution is 2.42. The maximum atomic E-state index is 6.21. The lowest BCUT2D eigenvalue weighted by Gasteiger charge is -2.32. The number of rotatable bonds is 3. The van der Waals surface area contributed by atoms with Crippen LogP contribution in [0.25, 0.3) is 0 Å². The van der Waals surface area contributed by atoms with Gasteiger partial charge in [-0.1, -0.05) is 29.8 Å². The number of nitrogens with one attached hydrogen (secondary N) is 1. The quantitative estimate of drug-likeness (QED) is 0.929. The van der Waals surface area contributed by atoms with Crippen LogP contribution in [0.3, 0.4) is 0 Å². The Kier molecular flexibility index (Phi) is 3.84. The molecule has 0 aromatic heterocycles. The Labute approximate surface area is 125 Å². The summed E-state index contributed by atoms with van der Waals surface area (Å²) in [5, 5.41) is 3.39. The standard InChI is InChI=1S/C18H21NO2/c1-12-5-4-6-13(9-12)18-11-16(19-2)15-10-14(20-3)7-8-17(15)21-18/h4-10,16,18-19H,11H2,1-3H3. The van der Waals surface area contributed by atoms with Crippen LogP contribution in [-0.4, -0.2) is 14.2 Å². The summed E-state index contributed by atoms with van der Waals surface area (Å²) in [6.07, 6.45) is 1.00. The molecule has 0 amide bonds. The Balaban J connectivity index is 1.95. The molecular formula is C18H21NO2. The lowest BCUT2D eigenvalue weighted by Crippen LogP contribution is -2.26. The SMILES string of the molecule is CNC1CC(c2cccc(C)c2)Oc2ccc(OC)cc21. The Morgan fingerprint density at radius 3 is 2.76 bits per heavy atom. The van der Waals surface area contributed by atoms with Crippen molar-refractivity contribution in [3.05, 3.63) is 59.2 Å². The molecule has 0 aliphatic carbocycles. The summed E-state index contributed by atoms with van der Waals surface area (Å²) in [5.41, 5.74) is 3.66. The smallest absolute Gasteiger partial charge is 0.126 e. The number of hydrogen-bond donors (Lipinski definition) is 1. The van der Waals surface area contributed by atoms with E-state index in [2.05, 4.69) is 42.6 Å². The lowest BCUT2D eigenvalue weighted by atomic mass is 9.92. The Morgan fingerprint density at radius 2 is 2.05 bits per heavy atom. The maximum absolute atomic E-state index is 6.21. The molecule has 0 saturated heterocycles. The molecule has 1 heterocycles. The number of methoxy groups -OCH3 is 1. The Morgan fingerprint density at radius 1 is 1.19 bits per heavy atom. The van der Waals surface area contributed by atoms with Crippen LogP contribution in [0.1, 0.15) is 35.3 Å². The third kappa shape index (κ3) is 2.74. The summed E-state index contributed by atoms with van der Waals surface area (Å²) in [5.74, 6) is 1.81. The maximum Gasteiger partial charge on any atom is 0.126 e. The van der Waals surface area contributed by atoms with Crippen molar-refractivity contribution in [2.75, 3.05) is 14.2 Å². The predicted octanol–water partition coefficient (Wildman–Crippen LogP) is 3.79. The van der Waals surface area contributed by atoms with Gasteiger partial charge < -0.3 is 14.8 Å². The van der Waals surface area contributed by atoms with Crippen LogP contribution in [0.5, 0.6) is 11.5 Å². The van der Waals surface area contributed by atoms with E-state index in [0.717, 1.165) is 17.9 Å². The molecule has 0 bridgehead atoms. The highest BCUT2D eigenvalue weighted by atomic mass is 16.5. The van der Waals surface area contributed by atoms with Crippen molar-refractivity contribution < 1.29 is 9.47 Å². The summed E-state index contributed by atoms with van der Waals surface area (Å²) in [4.78, 5) is 0. The summed E-state index contributed by atoms with van der Waals surface area (Å²) < 4.78 is 11.5. The van der Waals surface area contributed by atoms with Crippen molar-refractivity contribution in [2.24, 2.45) is 0 Å². The number of aryl methyl sites for hydroxylation is 1. The minimum absolute atomic E-state index is 0.0863. The normalized spacial score (nSPS) is 20.5. The van der Waals surface area contributed by atoms with Gasteiger partial charge in [0.2, 0.25) is 0 Å². The molecule has 1 N–H and O–H groups in total. The van der Waals surface area contributed by atoms with Gasteiger partial charge in [-0.2, -0.15) is 0 Å². The number of hydrogen-bond acceptors (Lipinski definition) is 3. The minimum Gasteiger partial charge on any atom is -0.497 e. The van der Waals surface area contributed by atoms with Gasteiger partial charge in [0.15, 0.2) is 0 Å². The van der Waals surface area contributed by atoms with Crippen LogP contribution in [0.2, 0.25) is 0 Å². The average Bonchev–Trinajstić information content (AvgIpc) is 2.53. The second-order valence-corrected chi connectivity index (χ2v) is 5.50. The van der Waals surface area contributed by atoms with Crippen molar-refractivity contribution in [3.63, 3.8) is 0 Å². The number of benzene rings is 2. The van der Waals surface area contributed by atoms with Gasteiger partial charge in [-0.05, 0) is 37.7 Å². The summed E-state index contributed by atoms with van der Waals surface area (Å²) in [7, 11) is 3.68. The predicted molar refractivity (Wildman–Crippen MR) is 84.0 cm³/mol. The fraction of sp³-hybridized carbons (Fsp3) is 0.333. The van der Waals surface area contributed by atoms with Crippen molar-refractivity contribution in [2.45, 2.75) is 25.5 Å². The van der Waals surface area contributed by atoms with Gasteiger partial charge >= 0.3 is 0 Å². The van der Waals surface area contributed by atoms with E-state index in [1.807, 2.05) is 19.2 Å². The molecule has 3 heteroatoms.